The van der Waals surface area contributed by atoms with E-state index in [2.05, 4.69) is 11.9 Å². The zero-order valence-corrected chi connectivity index (χ0v) is 12.2. The van der Waals surface area contributed by atoms with Crippen LogP contribution >= 0.6 is 11.6 Å². The number of aromatic nitrogens is 1. The van der Waals surface area contributed by atoms with Crippen LogP contribution in [0.1, 0.15) is 44.6 Å². The predicted molar refractivity (Wildman–Crippen MR) is 76.9 cm³/mol. The first kappa shape index (κ1) is 14.3. The monoisotopic (exact) mass is 280 g/mol. The van der Waals surface area contributed by atoms with E-state index in [0.717, 1.165) is 24.9 Å². The Morgan fingerprint density at radius 2 is 2.32 bits per heavy atom. The molecule has 104 valence electrons. The van der Waals surface area contributed by atoms with Gasteiger partial charge in [0.15, 0.2) is 0 Å². The molecule has 4 heteroatoms. The van der Waals surface area contributed by atoms with E-state index >= 15 is 0 Å². The van der Waals surface area contributed by atoms with Crippen molar-refractivity contribution >= 4 is 17.5 Å². The number of amides is 1. The van der Waals surface area contributed by atoms with Crippen LogP contribution in [0.25, 0.3) is 0 Å². The Morgan fingerprint density at radius 1 is 1.47 bits per heavy atom. The van der Waals surface area contributed by atoms with Crippen LogP contribution in [0.15, 0.2) is 18.3 Å². The molecule has 1 fully saturated rings. The van der Waals surface area contributed by atoms with Crippen LogP contribution < -0.4 is 0 Å². The maximum atomic E-state index is 12.1. The molecule has 0 bridgehead atoms. The van der Waals surface area contributed by atoms with Crippen LogP contribution in [-0.2, 0) is 11.3 Å². The van der Waals surface area contributed by atoms with Gasteiger partial charge in [-0.05, 0) is 36.5 Å². The molecule has 1 saturated heterocycles. The molecule has 1 aromatic rings. The van der Waals surface area contributed by atoms with E-state index in [0.29, 0.717) is 24.0 Å². The Hall–Kier alpha value is -1.09. The SMILES string of the molecule is CCCC1CCC(=O)N(Cc2ccnc(Cl)c2)CC1. The molecule has 0 spiro atoms. The van der Waals surface area contributed by atoms with Crippen molar-refractivity contribution in [1.29, 1.82) is 0 Å². The average Bonchev–Trinajstić information content (AvgIpc) is 2.55. The van der Waals surface area contributed by atoms with Gasteiger partial charge in [0.2, 0.25) is 5.91 Å². The highest BCUT2D eigenvalue weighted by Gasteiger charge is 2.22. The second kappa shape index (κ2) is 6.90. The molecular formula is C15H21ClN2O. The van der Waals surface area contributed by atoms with Crippen molar-refractivity contribution in [3.8, 4) is 0 Å². The summed E-state index contributed by atoms with van der Waals surface area (Å²) in [6.45, 7) is 3.73. The molecule has 1 aromatic heterocycles. The normalized spacial score (nSPS) is 20.4. The third-order valence-corrected chi connectivity index (χ3v) is 3.99. The number of carbonyl (C=O) groups is 1. The number of hydrogen-bond donors (Lipinski definition) is 0. The summed E-state index contributed by atoms with van der Waals surface area (Å²) in [5.41, 5.74) is 1.06. The summed E-state index contributed by atoms with van der Waals surface area (Å²) in [5.74, 6) is 0.978. The zero-order valence-electron chi connectivity index (χ0n) is 11.4. The van der Waals surface area contributed by atoms with Crippen molar-refractivity contribution in [2.75, 3.05) is 6.54 Å². The first-order valence-electron chi connectivity index (χ1n) is 7.07. The molecule has 2 heterocycles. The summed E-state index contributed by atoms with van der Waals surface area (Å²) in [7, 11) is 0. The van der Waals surface area contributed by atoms with Gasteiger partial charge >= 0.3 is 0 Å². The van der Waals surface area contributed by atoms with Crippen LogP contribution in [0.4, 0.5) is 0 Å². The molecule has 1 amide bonds. The number of rotatable bonds is 4. The fourth-order valence-corrected chi connectivity index (χ4v) is 2.92. The second-order valence-corrected chi connectivity index (χ2v) is 5.67. The van der Waals surface area contributed by atoms with Gasteiger partial charge in [-0.25, -0.2) is 4.98 Å². The topological polar surface area (TPSA) is 33.2 Å². The van der Waals surface area contributed by atoms with E-state index in [9.17, 15) is 4.79 Å². The Morgan fingerprint density at radius 3 is 3.05 bits per heavy atom. The van der Waals surface area contributed by atoms with E-state index in [-0.39, 0.29) is 5.91 Å². The Labute approximate surface area is 120 Å². The number of halogens is 1. The minimum Gasteiger partial charge on any atom is -0.338 e. The highest BCUT2D eigenvalue weighted by Crippen LogP contribution is 2.23. The van der Waals surface area contributed by atoms with Gasteiger partial charge < -0.3 is 4.90 Å². The molecule has 0 saturated carbocycles. The number of nitrogens with zero attached hydrogens (tertiary/aromatic N) is 2. The summed E-state index contributed by atoms with van der Waals surface area (Å²) >= 11 is 5.88. The van der Waals surface area contributed by atoms with Gasteiger partial charge in [-0.15, -0.1) is 0 Å². The van der Waals surface area contributed by atoms with Crippen molar-refractivity contribution in [1.82, 2.24) is 9.88 Å². The molecule has 1 unspecified atom stereocenters. The zero-order chi connectivity index (χ0) is 13.7. The van der Waals surface area contributed by atoms with E-state index in [1.807, 2.05) is 17.0 Å². The van der Waals surface area contributed by atoms with Gasteiger partial charge in [-0.2, -0.15) is 0 Å². The van der Waals surface area contributed by atoms with Gasteiger partial charge in [0.1, 0.15) is 5.15 Å². The van der Waals surface area contributed by atoms with Gasteiger partial charge in [-0.1, -0.05) is 31.4 Å². The number of carbonyl (C=O) groups excluding carboxylic acids is 1. The van der Waals surface area contributed by atoms with Crippen molar-refractivity contribution in [2.24, 2.45) is 5.92 Å². The van der Waals surface area contributed by atoms with E-state index < -0.39 is 0 Å². The van der Waals surface area contributed by atoms with Crippen LogP contribution in [0, 0.1) is 5.92 Å². The molecule has 0 N–H and O–H groups in total. The molecule has 2 rings (SSSR count). The fraction of sp³-hybridized carbons (Fsp3) is 0.600. The summed E-state index contributed by atoms with van der Waals surface area (Å²) in [6.07, 6.45) is 6.99. The smallest absolute Gasteiger partial charge is 0.222 e. The van der Waals surface area contributed by atoms with Gasteiger partial charge in [0.25, 0.3) is 0 Å². The standard InChI is InChI=1S/C15H21ClN2O/c1-2-3-12-4-5-15(19)18(9-7-12)11-13-6-8-17-14(16)10-13/h6,8,10,12H,2-5,7,9,11H2,1H3. The molecule has 1 atom stereocenters. The van der Waals surface area contributed by atoms with Crippen molar-refractivity contribution < 1.29 is 4.79 Å². The van der Waals surface area contributed by atoms with E-state index in [1.165, 1.54) is 12.8 Å². The number of pyridine rings is 1. The molecule has 0 aromatic carbocycles. The molecular weight excluding hydrogens is 260 g/mol. The molecule has 1 aliphatic heterocycles. The summed E-state index contributed by atoms with van der Waals surface area (Å²) in [4.78, 5) is 18.1. The highest BCUT2D eigenvalue weighted by molar-refractivity contribution is 6.29. The molecule has 3 nitrogen and oxygen atoms in total. The van der Waals surface area contributed by atoms with Crippen LogP contribution in [-0.4, -0.2) is 22.3 Å². The first-order valence-corrected chi connectivity index (χ1v) is 7.45. The van der Waals surface area contributed by atoms with Crippen LogP contribution in [0.5, 0.6) is 0 Å². The predicted octanol–water partition coefficient (Wildman–Crippen LogP) is 3.66. The molecule has 19 heavy (non-hydrogen) atoms. The summed E-state index contributed by atoms with van der Waals surface area (Å²) < 4.78 is 0. The van der Waals surface area contributed by atoms with E-state index in [4.69, 9.17) is 11.6 Å². The van der Waals surface area contributed by atoms with Crippen molar-refractivity contribution in [3.05, 3.63) is 29.0 Å². The first-order chi connectivity index (χ1) is 9.19. The minimum absolute atomic E-state index is 0.270. The third kappa shape index (κ3) is 4.20. The third-order valence-electron chi connectivity index (χ3n) is 3.79. The molecule has 0 aliphatic carbocycles. The lowest BCUT2D eigenvalue weighted by atomic mass is 9.96. The van der Waals surface area contributed by atoms with Crippen molar-refractivity contribution in [2.45, 2.75) is 45.6 Å². The number of likely N-dealkylation sites (tertiary alicyclic amines) is 1. The Bertz CT molecular complexity index is 436. The summed E-state index contributed by atoms with van der Waals surface area (Å²) in [5, 5.41) is 0.489. The summed E-state index contributed by atoms with van der Waals surface area (Å²) in [6, 6.07) is 3.76. The molecule has 0 radical (unpaired) electrons. The Kier molecular flexibility index (Phi) is 5.20. The largest absolute Gasteiger partial charge is 0.338 e. The lowest BCUT2D eigenvalue weighted by Gasteiger charge is -2.21. The maximum Gasteiger partial charge on any atom is 0.222 e. The maximum absolute atomic E-state index is 12.1. The average molecular weight is 281 g/mol. The lowest BCUT2D eigenvalue weighted by molar-refractivity contribution is -0.131. The highest BCUT2D eigenvalue weighted by atomic mass is 35.5. The van der Waals surface area contributed by atoms with Gasteiger partial charge in [0.05, 0.1) is 0 Å². The van der Waals surface area contributed by atoms with Crippen LogP contribution in [0.2, 0.25) is 5.15 Å². The quantitative estimate of drug-likeness (QED) is 0.789. The van der Waals surface area contributed by atoms with Crippen LogP contribution in [0.3, 0.4) is 0 Å². The fourth-order valence-electron chi connectivity index (χ4n) is 2.72. The van der Waals surface area contributed by atoms with Crippen molar-refractivity contribution in [3.63, 3.8) is 0 Å². The molecule has 1 aliphatic rings. The number of hydrogen-bond acceptors (Lipinski definition) is 2. The lowest BCUT2D eigenvalue weighted by Crippen LogP contribution is -2.29. The van der Waals surface area contributed by atoms with Gasteiger partial charge in [0, 0.05) is 25.7 Å². The van der Waals surface area contributed by atoms with Gasteiger partial charge in [-0.3, -0.25) is 4.79 Å². The minimum atomic E-state index is 0.270. The van der Waals surface area contributed by atoms with E-state index in [1.54, 1.807) is 6.20 Å². The second-order valence-electron chi connectivity index (χ2n) is 5.28. The Balaban J connectivity index is 1.97.